The van der Waals surface area contributed by atoms with Gasteiger partial charge in [0.25, 0.3) is 5.91 Å². The van der Waals surface area contributed by atoms with Crippen molar-refractivity contribution < 1.29 is 22.8 Å². The van der Waals surface area contributed by atoms with E-state index in [0.717, 1.165) is 15.6 Å². The van der Waals surface area contributed by atoms with Crippen molar-refractivity contribution in [2.45, 2.75) is 57.0 Å². The summed E-state index contributed by atoms with van der Waals surface area (Å²) < 4.78 is 26.1. The van der Waals surface area contributed by atoms with E-state index in [1.807, 2.05) is 0 Å². The van der Waals surface area contributed by atoms with Crippen molar-refractivity contribution in [1.82, 2.24) is 19.8 Å². The van der Waals surface area contributed by atoms with Crippen LogP contribution in [0, 0.1) is 11.3 Å². The molecule has 1 aliphatic carbocycles. The van der Waals surface area contributed by atoms with Gasteiger partial charge in [-0.25, -0.2) is 17.5 Å². The van der Waals surface area contributed by atoms with Crippen LogP contribution in [0.2, 0.25) is 0 Å². The van der Waals surface area contributed by atoms with Crippen molar-refractivity contribution >= 4 is 27.9 Å². The van der Waals surface area contributed by atoms with Crippen LogP contribution in [0.1, 0.15) is 45.6 Å². The SMILES string of the molecule is CC1CC(C)(C)CC2(C1)NC(=O)N(CC(=O)NCc1ccccc1S(=O)(=O)N(C)C)C2=O. The van der Waals surface area contributed by atoms with Crippen LogP contribution < -0.4 is 10.6 Å². The van der Waals surface area contributed by atoms with Gasteiger partial charge in [0, 0.05) is 20.6 Å². The quantitative estimate of drug-likeness (QED) is 0.622. The molecule has 10 heteroatoms. The highest BCUT2D eigenvalue weighted by Crippen LogP contribution is 2.46. The third kappa shape index (κ3) is 4.66. The molecule has 1 aliphatic heterocycles. The van der Waals surface area contributed by atoms with E-state index in [0.29, 0.717) is 18.4 Å². The van der Waals surface area contributed by atoms with E-state index in [-0.39, 0.29) is 28.7 Å². The number of urea groups is 1. The Balaban J connectivity index is 1.69. The van der Waals surface area contributed by atoms with Crippen molar-refractivity contribution in [3.63, 3.8) is 0 Å². The summed E-state index contributed by atoms with van der Waals surface area (Å²) in [6.45, 7) is 5.78. The summed E-state index contributed by atoms with van der Waals surface area (Å²) in [5, 5.41) is 5.49. The molecule has 176 valence electrons. The number of hydrogen-bond donors (Lipinski definition) is 2. The Labute approximate surface area is 189 Å². The van der Waals surface area contributed by atoms with Crippen LogP contribution in [-0.4, -0.2) is 61.6 Å². The lowest BCUT2D eigenvalue weighted by atomic mass is 9.64. The Kier molecular flexibility index (Phi) is 6.41. The topological polar surface area (TPSA) is 116 Å². The first kappa shape index (κ1) is 24.2. The van der Waals surface area contributed by atoms with Gasteiger partial charge in [0.15, 0.2) is 0 Å². The first-order valence-electron chi connectivity index (χ1n) is 10.7. The Morgan fingerprint density at radius 2 is 1.88 bits per heavy atom. The number of hydrogen-bond acceptors (Lipinski definition) is 5. The monoisotopic (exact) mass is 464 g/mol. The van der Waals surface area contributed by atoms with Gasteiger partial charge in [0.1, 0.15) is 12.1 Å². The van der Waals surface area contributed by atoms with Crippen LogP contribution in [0.4, 0.5) is 4.79 Å². The van der Waals surface area contributed by atoms with Crippen molar-refractivity contribution in [2.24, 2.45) is 11.3 Å². The molecule has 1 saturated carbocycles. The molecule has 0 aromatic heterocycles. The molecule has 4 amide bonds. The molecule has 0 radical (unpaired) electrons. The van der Waals surface area contributed by atoms with Gasteiger partial charge in [0.05, 0.1) is 4.90 Å². The third-order valence-electron chi connectivity index (χ3n) is 6.13. The van der Waals surface area contributed by atoms with E-state index in [4.69, 9.17) is 0 Å². The number of nitrogens with zero attached hydrogens (tertiary/aromatic N) is 2. The highest BCUT2D eigenvalue weighted by atomic mass is 32.2. The summed E-state index contributed by atoms with van der Waals surface area (Å²) in [6, 6.07) is 5.82. The maximum atomic E-state index is 13.2. The van der Waals surface area contributed by atoms with Gasteiger partial charge in [-0.2, -0.15) is 0 Å². The second kappa shape index (κ2) is 8.47. The molecule has 1 heterocycles. The predicted octanol–water partition coefficient (Wildman–Crippen LogP) is 1.69. The van der Waals surface area contributed by atoms with Crippen molar-refractivity contribution in [1.29, 1.82) is 0 Å². The summed E-state index contributed by atoms with van der Waals surface area (Å²) >= 11 is 0. The highest BCUT2D eigenvalue weighted by Gasteiger charge is 2.56. The van der Waals surface area contributed by atoms with Gasteiger partial charge in [-0.05, 0) is 42.2 Å². The molecule has 2 aliphatic rings. The lowest BCUT2D eigenvalue weighted by Gasteiger charge is -2.43. The first-order chi connectivity index (χ1) is 14.8. The normalized spacial score (nSPS) is 25.3. The minimum atomic E-state index is -3.68. The van der Waals surface area contributed by atoms with Crippen molar-refractivity contribution in [3.05, 3.63) is 29.8 Å². The number of carbonyl (C=O) groups excluding carboxylic acids is 3. The second-order valence-electron chi connectivity index (χ2n) is 9.93. The maximum absolute atomic E-state index is 13.2. The fourth-order valence-corrected chi connectivity index (χ4v) is 6.26. The average molecular weight is 465 g/mol. The maximum Gasteiger partial charge on any atom is 0.325 e. The summed E-state index contributed by atoms with van der Waals surface area (Å²) in [5.74, 6) is -0.634. The number of nitrogens with one attached hydrogen (secondary N) is 2. The molecule has 1 spiro atoms. The molecule has 2 fully saturated rings. The van der Waals surface area contributed by atoms with E-state index in [9.17, 15) is 22.8 Å². The Bertz CT molecular complexity index is 1040. The molecule has 1 aromatic carbocycles. The zero-order valence-corrected chi connectivity index (χ0v) is 20.1. The van der Waals surface area contributed by atoms with Gasteiger partial charge in [-0.1, -0.05) is 39.0 Å². The molecular weight excluding hydrogens is 432 g/mol. The van der Waals surface area contributed by atoms with Crippen molar-refractivity contribution in [2.75, 3.05) is 20.6 Å². The Morgan fingerprint density at radius 1 is 1.22 bits per heavy atom. The summed E-state index contributed by atoms with van der Waals surface area (Å²) in [4.78, 5) is 39.4. The van der Waals surface area contributed by atoms with E-state index >= 15 is 0 Å². The van der Waals surface area contributed by atoms with Gasteiger partial charge >= 0.3 is 6.03 Å². The van der Waals surface area contributed by atoms with Crippen LogP contribution >= 0.6 is 0 Å². The van der Waals surface area contributed by atoms with Crippen LogP contribution in [-0.2, 0) is 26.2 Å². The fourth-order valence-electron chi connectivity index (χ4n) is 5.14. The number of imide groups is 1. The first-order valence-corrected chi connectivity index (χ1v) is 12.1. The van der Waals surface area contributed by atoms with E-state index in [1.54, 1.807) is 18.2 Å². The second-order valence-corrected chi connectivity index (χ2v) is 12.1. The lowest BCUT2D eigenvalue weighted by molar-refractivity contribution is -0.137. The average Bonchev–Trinajstić information content (AvgIpc) is 2.88. The minimum absolute atomic E-state index is 0.0407. The van der Waals surface area contributed by atoms with Crippen LogP contribution in [0.3, 0.4) is 0 Å². The van der Waals surface area contributed by atoms with Crippen LogP contribution in [0.25, 0.3) is 0 Å². The summed E-state index contributed by atoms with van der Waals surface area (Å²) in [7, 11) is -0.805. The summed E-state index contributed by atoms with van der Waals surface area (Å²) in [5.41, 5.74) is -0.642. The zero-order chi connectivity index (χ0) is 23.9. The molecule has 2 unspecified atom stereocenters. The molecular formula is C22H32N4O5S. The standard InChI is InChI=1S/C22H32N4O5S/c1-15-10-21(2,3)14-22(11-15)19(28)26(20(29)24-22)13-18(27)23-12-16-8-6-7-9-17(16)32(30,31)25(4)5/h6-9,15H,10-14H2,1-5H3,(H,23,27)(H,24,29). The Hall–Kier alpha value is -2.46. The lowest BCUT2D eigenvalue weighted by Crippen LogP contribution is -2.54. The molecule has 9 nitrogen and oxygen atoms in total. The third-order valence-corrected chi connectivity index (χ3v) is 8.05. The molecule has 1 aromatic rings. The number of carbonyl (C=O) groups is 3. The number of rotatable bonds is 6. The van der Waals surface area contributed by atoms with Crippen LogP contribution in [0.15, 0.2) is 29.2 Å². The zero-order valence-electron chi connectivity index (χ0n) is 19.3. The van der Waals surface area contributed by atoms with E-state index in [2.05, 4.69) is 31.4 Å². The molecule has 1 saturated heterocycles. The number of amides is 4. The molecule has 3 rings (SSSR count). The minimum Gasteiger partial charge on any atom is -0.350 e. The van der Waals surface area contributed by atoms with Crippen LogP contribution in [0.5, 0.6) is 0 Å². The van der Waals surface area contributed by atoms with Gasteiger partial charge in [0.2, 0.25) is 15.9 Å². The van der Waals surface area contributed by atoms with E-state index in [1.165, 1.54) is 20.2 Å². The molecule has 2 N–H and O–H groups in total. The fraction of sp³-hybridized carbons (Fsp3) is 0.591. The molecule has 2 atom stereocenters. The van der Waals surface area contributed by atoms with E-state index < -0.39 is 34.0 Å². The predicted molar refractivity (Wildman–Crippen MR) is 119 cm³/mol. The smallest absolute Gasteiger partial charge is 0.325 e. The molecule has 32 heavy (non-hydrogen) atoms. The molecule has 0 bridgehead atoms. The highest BCUT2D eigenvalue weighted by molar-refractivity contribution is 7.89. The number of sulfonamides is 1. The van der Waals surface area contributed by atoms with Crippen molar-refractivity contribution in [3.8, 4) is 0 Å². The largest absolute Gasteiger partial charge is 0.350 e. The van der Waals surface area contributed by atoms with Gasteiger partial charge < -0.3 is 10.6 Å². The summed E-state index contributed by atoms with van der Waals surface area (Å²) in [6.07, 6.45) is 2.05. The Morgan fingerprint density at radius 3 is 2.50 bits per heavy atom. The van der Waals surface area contributed by atoms with Gasteiger partial charge in [-0.3, -0.25) is 14.5 Å². The number of benzene rings is 1. The van der Waals surface area contributed by atoms with Gasteiger partial charge in [-0.15, -0.1) is 0 Å².